The fourth-order valence-electron chi connectivity index (χ4n) is 1.79. The van der Waals surface area contributed by atoms with Crippen molar-refractivity contribution in [3.63, 3.8) is 0 Å². The molecule has 1 aromatic carbocycles. The van der Waals surface area contributed by atoms with E-state index in [2.05, 4.69) is 29.5 Å². The highest BCUT2D eigenvalue weighted by Crippen LogP contribution is 2.16. The van der Waals surface area contributed by atoms with E-state index < -0.39 is 0 Å². The van der Waals surface area contributed by atoms with Gasteiger partial charge in [-0.2, -0.15) is 0 Å². The lowest BCUT2D eigenvalue weighted by Gasteiger charge is -2.28. The summed E-state index contributed by atoms with van der Waals surface area (Å²) in [6, 6.07) is 9.88. The van der Waals surface area contributed by atoms with Gasteiger partial charge in [0, 0.05) is 13.1 Å². The quantitative estimate of drug-likeness (QED) is 0.852. The molecule has 1 aromatic rings. The van der Waals surface area contributed by atoms with Crippen LogP contribution in [0.15, 0.2) is 35.3 Å². The molecular formula is C14H21N3O. The van der Waals surface area contributed by atoms with Crippen molar-refractivity contribution < 1.29 is 4.74 Å². The van der Waals surface area contributed by atoms with Crippen molar-refractivity contribution in [2.45, 2.75) is 25.9 Å². The van der Waals surface area contributed by atoms with Crippen LogP contribution in [0.25, 0.3) is 0 Å². The van der Waals surface area contributed by atoms with Gasteiger partial charge in [-0.3, -0.25) is 4.99 Å². The number of hydrogen-bond acceptors (Lipinski definition) is 4. The topological polar surface area (TPSA) is 45.7 Å². The summed E-state index contributed by atoms with van der Waals surface area (Å²) in [5.74, 6) is 1.77. The van der Waals surface area contributed by atoms with Crippen LogP contribution in [-0.4, -0.2) is 31.2 Å². The van der Waals surface area contributed by atoms with Gasteiger partial charge in [0.05, 0.1) is 6.54 Å². The van der Waals surface area contributed by atoms with Crippen LogP contribution in [-0.2, 0) is 0 Å². The van der Waals surface area contributed by atoms with Crippen molar-refractivity contribution in [1.29, 1.82) is 0 Å². The Morgan fingerprint density at radius 1 is 1.33 bits per heavy atom. The second-order valence-corrected chi connectivity index (χ2v) is 5.04. The van der Waals surface area contributed by atoms with Crippen molar-refractivity contribution in [1.82, 2.24) is 10.6 Å². The van der Waals surface area contributed by atoms with E-state index in [4.69, 9.17) is 4.74 Å². The lowest BCUT2D eigenvalue weighted by atomic mass is 10.1. The van der Waals surface area contributed by atoms with Gasteiger partial charge in [0.25, 0.3) is 0 Å². The third-order valence-corrected chi connectivity index (χ3v) is 2.72. The summed E-state index contributed by atoms with van der Waals surface area (Å²) in [5.41, 5.74) is -0.275. The molecule has 0 spiro atoms. The van der Waals surface area contributed by atoms with Gasteiger partial charge < -0.3 is 15.4 Å². The zero-order valence-corrected chi connectivity index (χ0v) is 11.1. The summed E-state index contributed by atoms with van der Waals surface area (Å²) in [5, 5.41) is 6.53. The van der Waals surface area contributed by atoms with E-state index in [1.54, 1.807) is 0 Å². The summed E-state index contributed by atoms with van der Waals surface area (Å²) >= 11 is 0. The van der Waals surface area contributed by atoms with E-state index in [0.717, 1.165) is 31.2 Å². The molecule has 0 saturated carbocycles. The van der Waals surface area contributed by atoms with Crippen molar-refractivity contribution in [3.05, 3.63) is 30.3 Å². The Labute approximate surface area is 108 Å². The Morgan fingerprint density at radius 2 is 2.11 bits per heavy atom. The second-order valence-electron chi connectivity index (χ2n) is 5.04. The minimum atomic E-state index is -0.275. The average Bonchev–Trinajstić information content (AvgIpc) is 2.38. The Balaban J connectivity index is 1.85. The molecule has 0 saturated heterocycles. The van der Waals surface area contributed by atoms with Gasteiger partial charge in [0.2, 0.25) is 0 Å². The fraction of sp³-hybridized carbons (Fsp3) is 0.500. The molecule has 0 radical (unpaired) electrons. The maximum Gasteiger partial charge on any atom is 0.191 e. The van der Waals surface area contributed by atoms with Gasteiger partial charge in [0.1, 0.15) is 11.4 Å². The standard InChI is InChI=1S/C14H21N3O/c1-14(2,18-12-7-4-3-5-8-12)11-17-13-15-9-6-10-16-13/h3-5,7-8H,6,9-11H2,1-2H3,(H2,15,16,17). The van der Waals surface area contributed by atoms with E-state index in [0.29, 0.717) is 6.54 Å². The minimum absolute atomic E-state index is 0.275. The fourth-order valence-corrected chi connectivity index (χ4v) is 1.79. The molecule has 2 rings (SSSR count). The first kappa shape index (κ1) is 12.7. The molecule has 1 aliphatic heterocycles. The molecule has 4 heteroatoms. The molecule has 0 aliphatic carbocycles. The minimum Gasteiger partial charge on any atom is -0.486 e. The highest BCUT2D eigenvalue weighted by Gasteiger charge is 2.20. The third-order valence-electron chi connectivity index (χ3n) is 2.72. The Hall–Kier alpha value is -1.71. The Bertz CT molecular complexity index is 401. The average molecular weight is 247 g/mol. The molecule has 0 fully saturated rings. The molecule has 0 atom stereocenters. The Morgan fingerprint density at radius 3 is 2.78 bits per heavy atom. The maximum atomic E-state index is 5.95. The number of ether oxygens (including phenoxy) is 1. The van der Waals surface area contributed by atoms with Gasteiger partial charge in [-0.15, -0.1) is 0 Å². The molecule has 0 aromatic heterocycles. The van der Waals surface area contributed by atoms with E-state index >= 15 is 0 Å². The first-order valence-corrected chi connectivity index (χ1v) is 6.42. The predicted molar refractivity (Wildman–Crippen MR) is 74.1 cm³/mol. The molecular weight excluding hydrogens is 226 g/mol. The van der Waals surface area contributed by atoms with Crippen molar-refractivity contribution in [2.75, 3.05) is 19.6 Å². The van der Waals surface area contributed by atoms with E-state index in [1.807, 2.05) is 30.3 Å². The summed E-state index contributed by atoms with van der Waals surface area (Å²) in [6.07, 6.45) is 1.11. The van der Waals surface area contributed by atoms with Crippen LogP contribution in [0.4, 0.5) is 0 Å². The number of para-hydroxylation sites is 1. The zero-order chi connectivity index (χ0) is 12.8. The van der Waals surface area contributed by atoms with Gasteiger partial charge in [-0.1, -0.05) is 18.2 Å². The summed E-state index contributed by atoms with van der Waals surface area (Å²) in [6.45, 7) is 6.74. The van der Waals surface area contributed by atoms with Crippen molar-refractivity contribution in [3.8, 4) is 5.75 Å². The first-order chi connectivity index (χ1) is 8.66. The van der Waals surface area contributed by atoms with E-state index in [9.17, 15) is 0 Å². The number of rotatable bonds is 4. The van der Waals surface area contributed by atoms with Gasteiger partial charge in [0.15, 0.2) is 5.96 Å². The maximum absolute atomic E-state index is 5.95. The lowest BCUT2D eigenvalue weighted by molar-refractivity contribution is 0.113. The smallest absolute Gasteiger partial charge is 0.191 e. The Kier molecular flexibility index (Phi) is 4.07. The zero-order valence-electron chi connectivity index (χ0n) is 11.1. The van der Waals surface area contributed by atoms with E-state index in [1.165, 1.54) is 0 Å². The molecule has 18 heavy (non-hydrogen) atoms. The van der Waals surface area contributed by atoms with E-state index in [-0.39, 0.29) is 5.60 Å². The largest absolute Gasteiger partial charge is 0.486 e. The molecule has 2 N–H and O–H groups in total. The van der Waals surface area contributed by atoms with Gasteiger partial charge in [-0.05, 0) is 32.4 Å². The molecule has 0 bridgehead atoms. The second kappa shape index (κ2) is 5.76. The monoisotopic (exact) mass is 247 g/mol. The highest BCUT2D eigenvalue weighted by molar-refractivity contribution is 5.80. The van der Waals surface area contributed by atoms with Crippen LogP contribution >= 0.6 is 0 Å². The number of hydrogen-bond donors (Lipinski definition) is 2. The van der Waals surface area contributed by atoms with Crippen LogP contribution in [0.5, 0.6) is 5.75 Å². The summed E-state index contributed by atoms with van der Waals surface area (Å²) < 4.78 is 5.95. The summed E-state index contributed by atoms with van der Waals surface area (Å²) in [7, 11) is 0. The van der Waals surface area contributed by atoms with Crippen LogP contribution < -0.4 is 15.4 Å². The summed E-state index contributed by atoms with van der Waals surface area (Å²) in [4.78, 5) is 4.38. The third kappa shape index (κ3) is 3.95. The predicted octanol–water partition coefficient (Wildman–Crippen LogP) is 1.78. The van der Waals surface area contributed by atoms with Gasteiger partial charge >= 0.3 is 0 Å². The van der Waals surface area contributed by atoms with Crippen LogP contribution in [0.2, 0.25) is 0 Å². The number of benzene rings is 1. The molecule has 0 amide bonds. The normalized spacial score (nSPS) is 15.6. The molecule has 98 valence electrons. The first-order valence-electron chi connectivity index (χ1n) is 6.42. The number of guanidine groups is 1. The molecule has 1 aliphatic rings. The number of aliphatic imine (C=N–C) groups is 1. The van der Waals surface area contributed by atoms with Crippen molar-refractivity contribution in [2.24, 2.45) is 4.99 Å². The molecule has 0 unspecified atom stereocenters. The highest BCUT2D eigenvalue weighted by atomic mass is 16.5. The number of nitrogens with one attached hydrogen (secondary N) is 2. The molecule has 1 heterocycles. The SMILES string of the molecule is CC(C)(CNC1=NCCCN1)Oc1ccccc1. The van der Waals surface area contributed by atoms with Crippen LogP contribution in [0.3, 0.4) is 0 Å². The lowest BCUT2D eigenvalue weighted by Crippen LogP contribution is -2.48. The van der Waals surface area contributed by atoms with Crippen LogP contribution in [0.1, 0.15) is 20.3 Å². The molecule has 4 nitrogen and oxygen atoms in total. The van der Waals surface area contributed by atoms with Gasteiger partial charge in [-0.25, -0.2) is 0 Å². The van der Waals surface area contributed by atoms with Crippen molar-refractivity contribution >= 4 is 5.96 Å². The number of nitrogens with zero attached hydrogens (tertiary/aromatic N) is 1. The van der Waals surface area contributed by atoms with Crippen LogP contribution in [0, 0.1) is 0 Å².